The molecule has 0 radical (unpaired) electrons. The van der Waals surface area contributed by atoms with E-state index in [1.807, 2.05) is 24.3 Å². The lowest BCUT2D eigenvalue weighted by Gasteiger charge is -2.14. The summed E-state index contributed by atoms with van der Waals surface area (Å²) in [5.74, 6) is -0.843. The van der Waals surface area contributed by atoms with Crippen molar-refractivity contribution in [3.8, 4) is 0 Å². The number of methoxy groups -OCH3 is 1. The third kappa shape index (κ3) is 5.81. The summed E-state index contributed by atoms with van der Waals surface area (Å²) >= 11 is 3.34. The zero-order valence-electron chi connectivity index (χ0n) is 13.0. The second-order valence-corrected chi connectivity index (χ2v) is 6.50. The van der Waals surface area contributed by atoms with Crippen LogP contribution in [0.1, 0.15) is 26.3 Å². The Bertz CT molecular complexity index is 599. The van der Waals surface area contributed by atoms with Gasteiger partial charge in [0.25, 0.3) is 0 Å². The van der Waals surface area contributed by atoms with Crippen molar-refractivity contribution in [1.82, 2.24) is 5.43 Å². The molecule has 118 valence electrons. The molecule has 0 heterocycles. The maximum Gasteiger partial charge on any atom is 0.356 e. The van der Waals surface area contributed by atoms with Crippen LogP contribution in [0.25, 0.3) is 0 Å². The minimum atomic E-state index is -0.648. The third-order valence-corrected chi connectivity index (χ3v) is 3.22. The molecule has 0 amide bonds. The number of ether oxygens (including phenoxy) is 1. The number of hydrogen-bond acceptors (Lipinski definition) is 5. The molecule has 1 N–H and O–H groups in total. The van der Waals surface area contributed by atoms with Crippen molar-refractivity contribution in [2.24, 2.45) is 10.5 Å². The van der Waals surface area contributed by atoms with E-state index >= 15 is 0 Å². The number of ketones is 1. The Balaban J connectivity index is 2.86. The van der Waals surface area contributed by atoms with Crippen molar-refractivity contribution in [3.63, 3.8) is 0 Å². The summed E-state index contributed by atoms with van der Waals surface area (Å²) < 4.78 is 5.60. The van der Waals surface area contributed by atoms with Crippen LogP contribution < -0.4 is 5.43 Å². The van der Waals surface area contributed by atoms with E-state index < -0.39 is 11.4 Å². The van der Waals surface area contributed by atoms with Crippen LogP contribution >= 0.6 is 15.9 Å². The fraction of sp³-hybridized carbons (Fsp3) is 0.312. The molecule has 0 atom stereocenters. The maximum absolute atomic E-state index is 12.0. The Labute approximate surface area is 138 Å². The highest BCUT2D eigenvalue weighted by Crippen LogP contribution is 2.16. The van der Waals surface area contributed by atoms with E-state index in [-0.39, 0.29) is 11.5 Å². The van der Waals surface area contributed by atoms with Crippen LogP contribution in [0.2, 0.25) is 0 Å². The van der Waals surface area contributed by atoms with E-state index in [2.05, 4.69) is 31.2 Å². The quantitative estimate of drug-likeness (QED) is 0.376. The van der Waals surface area contributed by atoms with Gasteiger partial charge in [0, 0.05) is 16.0 Å². The minimum Gasteiger partial charge on any atom is -0.464 e. The molecule has 1 aromatic carbocycles. The zero-order valence-corrected chi connectivity index (χ0v) is 14.6. The molecular weight excluding hydrogens is 348 g/mol. The molecule has 0 aliphatic heterocycles. The molecule has 0 bridgehead atoms. The van der Waals surface area contributed by atoms with E-state index in [9.17, 15) is 9.59 Å². The highest BCUT2D eigenvalue weighted by atomic mass is 79.9. The van der Waals surface area contributed by atoms with Gasteiger partial charge in [-0.05, 0) is 17.7 Å². The molecule has 0 unspecified atom stereocenters. The predicted molar refractivity (Wildman–Crippen MR) is 89.4 cm³/mol. The van der Waals surface area contributed by atoms with Crippen molar-refractivity contribution < 1.29 is 14.3 Å². The van der Waals surface area contributed by atoms with Crippen LogP contribution in [0.3, 0.4) is 0 Å². The number of nitrogens with zero attached hydrogens (tertiary/aromatic N) is 1. The van der Waals surface area contributed by atoms with Crippen LogP contribution in [-0.4, -0.2) is 25.1 Å². The molecule has 0 aliphatic rings. The normalized spacial score (nSPS) is 12.3. The molecule has 1 rings (SSSR count). The van der Waals surface area contributed by atoms with Crippen LogP contribution in [0, 0.1) is 5.41 Å². The van der Waals surface area contributed by atoms with Crippen molar-refractivity contribution in [2.45, 2.75) is 20.8 Å². The van der Waals surface area contributed by atoms with Gasteiger partial charge in [0.05, 0.1) is 13.3 Å². The fourth-order valence-corrected chi connectivity index (χ4v) is 1.58. The molecule has 5 nitrogen and oxygen atoms in total. The van der Waals surface area contributed by atoms with E-state index in [0.29, 0.717) is 0 Å². The number of esters is 1. The molecule has 0 aromatic heterocycles. The number of carbonyl (C=O) groups is 2. The largest absolute Gasteiger partial charge is 0.464 e. The summed E-state index contributed by atoms with van der Waals surface area (Å²) in [6.07, 6.45) is 2.76. The van der Waals surface area contributed by atoms with Gasteiger partial charge >= 0.3 is 5.97 Å². The molecule has 0 saturated carbocycles. The lowest BCUT2D eigenvalue weighted by atomic mass is 9.90. The summed E-state index contributed by atoms with van der Waals surface area (Å²) in [6.45, 7) is 5.31. The number of hydrazone groups is 1. The van der Waals surface area contributed by atoms with Crippen molar-refractivity contribution in [3.05, 3.63) is 46.1 Å². The first-order valence-electron chi connectivity index (χ1n) is 6.63. The maximum atomic E-state index is 12.0. The van der Waals surface area contributed by atoms with Gasteiger partial charge in [-0.3, -0.25) is 10.2 Å². The van der Waals surface area contributed by atoms with Gasteiger partial charge in [-0.25, -0.2) is 4.79 Å². The number of benzene rings is 1. The Morgan fingerprint density at radius 3 is 2.32 bits per heavy atom. The molecular formula is C16H19BrN2O3. The average molecular weight is 367 g/mol. The Morgan fingerprint density at radius 2 is 1.82 bits per heavy atom. The molecule has 22 heavy (non-hydrogen) atoms. The van der Waals surface area contributed by atoms with Gasteiger partial charge in [0.1, 0.15) is 5.70 Å². The first kappa shape index (κ1) is 18.1. The Morgan fingerprint density at radius 1 is 1.23 bits per heavy atom. The summed E-state index contributed by atoms with van der Waals surface area (Å²) in [5, 5.41) is 3.96. The number of carbonyl (C=O) groups excluding carboxylic acids is 2. The van der Waals surface area contributed by atoms with Crippen molar-refractivity contribution >= 4 is 33.9 Å². The zero-order chi connectivity index (χ0) is 16.8. The van der Waals surface area contributed by atoms with E-state index in [1.54, 1.807) is 27.0 Å². The molecule has 6 heteroatoms. The smallest absolute Gasteiger partial charge is 0.356 e. The number of halogens is 1. The third-order valence-electron chi connectivity index (χ3n) is 2.69. The van der Waals surface area contributed by atoms with Crippen LogP contribution in [-0.2, 0) is 14.3 Å². The number of hydrogen-bond donors (Lipinski definition) is 1. The molecule has 0 fully saturated rings. The highest BCUT2D eigenvalue weighted by Gasteiger charge is 2.21. The van der Waals surface area contributed by atoms with E-state index in [0.717, 1.165) is 10.0 Å². The lowest BCUT2D eigenvalue weighted by molar-refractivity contribution is -0.137. The van der Waals surface area contributed by atoms with Gasteiger partial charge in [0.15, 0.2) is 5.78 Å². The van der Waals surface area contributed by atoms with Gasteiger partial charge in [-0.2, -0.15) is 5.10 Å². The minimum absolute atomic E-state index is 0.00390. The Hall–Kier alpha value is -1.95. The van der Waals surface area contributed by atoms with Gasteiger partial charge in [-0.1, -0.05) is 48.8 Å². The molecule has 0 aliphatic carbocycles. The lowest BCUT2D eigenvalue weighted by Crippen LogP contribution is -2.23. The second kappa shape index (κ2) is 7.89. The van der Waals surface area contributed by atoms with Crippen LogP contribution in [0.5, 0.6) is 0 Å². The SMILES string of the molecule is COC(=O)/C(=C/C(=O)C(C)(C)C)N/N=C/c1ccc(Br)cc1. The monoisotopic (exact) mass is 366 g/mol. The summed E-state index contributed by atoms with van der Waals surface area (Å²) in [5.41, 5.74) is 2.82. The number of allylic oxidation sites excluding steroid dienone is 1. The van der Waals surface area contributed by atoms with Crippen LogP contribution in [0.15, 0.2) is 45.6 Å². The standard InChI is InChI=1S/C16H19BrN2O3/c1-16(2,3)14(20)9-13(15(21)22-4)19-18-10-11-5-7-12(17)8-6-11/h5-10,19H,1-4H3/b13-9-,18-10+. The first-order valence-corrected chi connectivity index (χ1v) is 7.42. The molecule has 0 saturated heterocycles. The number of rotatable bonds is 5. The average Bonchev–Trinajstić information content (AvgIpc) is 2.46. The van der Waals surface area contributed by atoms with Gasteiger partial charge < -0.3 is 4.74 Å². The van der Waals surface area contributed by atoms with Crippen molar-refractivity contribution in [2.75, 3.05) is 7.11 Å². The highest BCUT2D eigenvalue weighted by molar-refractivity contribution is 9.10. The Kier molecular flexibility index (Phi) is 6.49. The summed E-state index contributed by atoms with van der Waals surface area (Å²) in [7, 11) is 1.25. The predicted octanol–water partition coefficient (Wildman–Crippen LogP) is 3.04. The topological polar surface area (TPSA) is 67.8 Å². The first-order chi connectivity index (χ1) is 10.2. The van der Waals surface area contributed by atoms with Crippen molar-refractivity contribution in [1.29, 1.82) is 0 Å². The van der Waals surface area contributed by atoms with Gasteiger partial charge in [-0.15, -0.1) is 0 Å². The number of nitrogens with one attached hydrogen (secondary N) is 1. The van der Waals surface area contributed by atoms with E-state index in [1.165, 1.54) is 13.2 Å². The van der Waals surface area contributed by atoms with E-state index in [4.69, 9.17) is 0 Å². The molecule has 1 aromatic rings. The summed E-state index contributed by atoms with van der Waals surface area (Å²) in [6, 6.07) is 7.47. The summed E-state index contributed by atoms with van der Waals surface area (Å²) in [4.78, 5) is 23.7. The van der Waals surface area contributed by atoms with Gasteiger partial charge in [0.2, 0.25) is 0 Å². The fourth-order valence-electron chi connectivity index (χ4n) is 1.32. The van der Waals surface area contributed by atoms with Crippen LogP contribution in [0.4, 0.5) is 0 Å². The second-order valence-electron chi connectivity index (χ2n) is 5.59. The molecule has 0 spiro atoms.